The van der Waals surface area contributed by atoms with Crippen LogP contribution in [0.2, 0.25) is 0 Å². The van der Waals surface area contributed by atoms with Gasteiger partial charge >= 0.3 is 0 Å². The smallest absolute Gasteiger partial charge is 0.122 e. The Balaban J connectivity index is 1.62. The number of likely N-dealkylation sites (tertiary alicyclic amines) is 1. The van der Waals surface area contributed by atoms with Gasteiger partial charge in [0.05, 0.1) is 6.61 Å². The Morgan fingerprint density at radius 3 is 2.76 bits per heavy atom. The summed E-state index contributed by atoms with van der Waals surface area (Å²) >= 11 is 0. The van der Waals surface area contributed by atoms with Crippen molar-refractivity contribution in [1.82, 2.24) is 4.90 Å². The van der Waals surface area contributed by atoms with Gasteiger partial charge in [-0.1, -0.05) is 31.2 Å². The summed E-state index contributed by atoms with van der Waals surface area (Å²) in [6.07, 6.45) is 7.91. The van der Waals surface area contributed by atoms with E-state index in [4.69, 9.17) is 4.74 Å². The highest BCUT2D eigenvalue weighted by atomic mass is 16.5. The summed E-state index contributed by atoms with van der Waals surface area (Å²) in [5, 5.41) is 0. The molecule has 0 N–H and O–H groups in total. The van der Waals surface area contributed by atoms with E-state index in [0.29, 0.717) is 0 Å². The summed E-state index contributed by atoms with van der Waals surface area (Å²) in [5.41, 5.74) is 1.23. The number of hydrogen-bond acceptors (Lipinski definition) is 2. The fourth-order valence-electron chi connectivity index (χ4n) is 2.87. The van der Waals surface area contributed by atoms with Gasteiger partial charge in [0.2, 0.25) is 0 Å². The Hall–Kier alpha value is -1.28. The van der Waals surface area contributed by atoms with Crippen LogP contribution in [0.5, 0.6) is 5.75 Å². The molecule has 0 radical (unpaired) electrons. The number of hydrogen-bond donors (Lipinski definition) is 0. The molecule has 2 rings (SSSR count). The number of benzene rings is 1. The van der Waals surface area contributed by atoms with E-state index in [1.54, 1.807) is 0 Å². The Labute approximate surface area is 129 Å². The predicted molar refractivity (Wildman–Crippen MR) is 89.9 cm³/mol. The number of para-hydroxylation sites is 1. The molecule has 2 heteroatoms. The molecule has 1 heterocycles. The van der Waals surface area contributed by atoms with Crippen molar-refractivity contribution in [2.45, 2.75) is 39.0 Å². The van der Waals surface area contributed by atoms with Gasteiger partial charge in [-0.3, -0.25) is 0 Å². The van der Waals surface area contributed by atoms with Crippen molar-refractivity contribution in [1.29, 1.82) is 0 Å². The number of nitrogens with zero attached hydrogens (tertiary/aromatic N) is 1. The van der Waals surface area contributed by atoms with E-state index in [1.165, 1.54) is 44.5 Å². The second kappa shape index (κ2) is 8.89. The molecule has 0 atom stereocenters. The highest BCUT2D eigenvalue weighted by Gasteiger charge is 2.14. The van der Waals surface area contributed by atoms with E-state index in [-0.39, 0.29) is 0 Å². The van der Waals surface area contributed by atoms with Crippen molar-refractivity contribution in [3.05, 3.63) is 42.5 Å². The highest BCUT2D eigenvalue weighted by molar-refractivity contribution is 5.34. The molecule has 116 valence electrons. The summed E-state index contributed by atoms with van der Waals surface area (Å²) in [6, 6.07) is 8.27. The first-order valence-corrected chi connectivity index (χ1v) is 8.33. The molecule has 0 amide bonds. The van der Waals surface area contributed by atoms with E-state index in [2.05, 4.69) is 36.6 Å². The molecule has 1 aromatic rings. The zero-order chi connectivity index (χ0) is 14.9. The van der Waals surface area contributed by atoms with Gasteiger partial charge in [0.15, 0.2) is 0 Å². The lowest BCUT2D eigenvalue weighted by Gasteiger charge is -2.30. The van der Waals surface area contributed by atoms with Crippen molar-refractivity contribution in [3.8, 4) is 5.75 Å². The molecule has 0 aromatic heterocycles. The fraction of sp³-hybridized carbons (Fsp3) is 0.579. The summed E-state index contributed by atoms with van der Waals surface area (Å²) in [7, 11) is 0. The average Bonchev–Trinajstić information content (AvgIpc) is 2.51. The first kappa shape index (κ1) is 16.1. The molecule has 0 unspecified atom stereocenters. The molecule has 0 saturated carbocycles. The standard InChI is InChI=1S/C19H29NO/c1-3-8-18-9-4-5-10-19(18)21-16-7-6-13-20-14-11-17(2)12-15-20/h3-5,9-10,17H,1,6-8,11-16H2,2H3. The lowest BCUT2D eigenvalue weighted by Crippen LogP contribution is -2.33. The van der Waals surface area contributed by atoms with Crippen molar-refractivity contribution >= 4 is 0 Å². The Morgan fingerprint density at radius 1 is 1.24 bits per heavy atom. The molecule has 1 aliphatic heterocycles. The highest BCUT2D eigenvalue weighted by Crippen LogP contribution is 2.19. The van der Waals surface area contributed by atoms with Crippen LogP contribution in [0, 0.1) is 5.92 Å². The van der Waals surface area contributed by atoms with Crippen LogP contribution in [-0.4, -0.2) is 31.1 Å². The van der Waals surface area contributed by atoms with E-state index in [9.17, 15) is 0 Å². The van der Waals surface area contributed by atoms with Gasteiger partial charge in [0.1, 0.15) is 5.75 Å². The van der Waals surface area contributed by atoms with Gasteiger partial charge < -0.3 is 9.64 Å². The number of rotatable bonds is 8. The number of piperidine rings is 1. The third-order valence-corrected chi connectivity index (χ3v) is 4.34. The second-order valence-electron chi connectivity index (χ2n) is 6.18. The molecule has 0 bridgehead atoms. The van der Waals surface area contributed by atoms with Crippen LogP contribution in [0.25, 0.3) is 0 Å². The van der Waals surface area contributed by atoms with E-state index >= 15 is 0 Å². The quantitative estimate of drug-likeness (QED) is 0.522. The van der Waals surface area contributed by atoms with Crippen molar-refractivity contribution < 1.29 is 4.74 Å². The van der Waals surface area contributed by atoms with Crippen molar-refractivity contribution in [2.24, 2.45) is 5.92 Å². The lowest BCUT2D eigenvalue weighted by atomic mass is 9.99. The molecule has 1 aromatic carbocycles. The zero-order valence-electron chi connectivity index (χ0n) is 13.4. The van der Waals surface area contributed by atoms with Crippen LogP contribution in [0.4, 0.5) is 0 Å². The molecule has 21 heavy (non-hydrogen) atoms. The lowest BCUT2D eigenvalue weighted by molar-refractivity contribution is 0.184. The van der Waals surface area contributed by atoms with Gasteiger partial charge in [0, 0.05) is 0 Å². The average molecular weight is 287 g/mol. The van der Waals surface area contributed by atoms with Crippen LogP contribution < -0.4 is 4.74 Å². The number of unbranched alkanes of at least 4 members (excludes halogenated alkanes) is 1. The summed E-state index contributed by atoms with van der Waals surface area (Å²) in [4.78, 5) is 2.60. The minimum atomic E-state index is 0.818. The SMILES string of the molecule is C=CCc1ccccc1OCCCCN1CCC(C)CC1. The third-order valence-electron chi connectivity index (χ3n) is 4.34. The van der Waals surface area contributed by atoms with Gasteiger partial charge in [-0.05, 0) is 69.3 Å². The zero-order valence-corrected chi connectivity index (χ0v) is 13.4. The van der Waals surface area contributed by atoms with Crippen LogP contribution in [0.1, 0.15) is 38.2 Å². The van der Waals surface area contributed by atoms with E-state index in [0.717, 1.165) is 31.1 Å². The first-order valence-electron chi connectivity index (χ1n) is 8.33. The molecule has 0 aliphatic carbocycles. The Morgan fingerprint density at radius 2 is 2.00 bits per heavy atom. The van der Waals surface area contributed by atoms with Gasteiger partial charge in [-0.25, -0.2) is 0 Å². The molecular formula is C19H29NO. The maximum Gasteiger partial charge on any atom is 0.122 e. The largest absolute Gasteiger partial charge is 0.493 e. The molecule has 2 nitrogen and oxygen atoms in total. The fourth-order valence-corrected chi connectivity index (χ4v) is 2.87. The number of ether oxygens (including phenoxy) is 1. The monoisotopic (exact) mass is 287 g/mol. The summed E-state index contributed by atoms with van der Waals surface area (Å²) in [5.74, 6) is 1.94. The third kappa shape index (κ3) is 5.55. The van der Waals surface area contributed by atoms with Gasteiger partial charge in [-0.2, -0.15) is 0 Å². The Bertz CT molecular complexity index is 421. The number of allylic oxidation sites excluding steroid dienone is 1. The minimum absolute atomic E-state index is 0.818. The minimum Gasteiger partial charge on any atom is -0.493 e. The molecule has 1 aliphatic rings. The molecule has 1 saturated heterocycles. The van der Waals surface area contributed by atoms with Crippen LogP contribution in [0.15, 0.2) is 36.9 Å². The summed E-state index contributed by atoms with van der Waals surface area (Å²) in [6.45, 7) is 10.8. The maximum absolute atomic E-state index is 5.93. The second-order valence-corrected chi connectivity index (χ2v) is 6.18. The molecular weight excluding hydrogens is 258 g/mol. The summed E-state index contributed by atoms with van der Waals surface area (Å²) < 4.78 is 5.93. The van der Waals surface area contributed by atoms with Crippen LogP contribution in [0.3, 0.4) is 0 Å². The normalized spacial score (nSPS) is 16.8. The maximum atomic E-state index is 5.93. The van der Waals surface area contributed by atoms with Crippen molar-refractivity contribution in [3.63, 3.8) is 0 Å². The van der Waals surface area contributed by atoms with E-state index < -0.39 is 0 Å². The topological polar surface area (TPSA) is 12.5 Å². The predicted octanol–water partition coefficient (Wildman–Crippen LogP) is 4.31. The van der Waals surface area contributed by atoms with Gasteiger partial charge in [0.25, 0.3) is 0 Å². The first-order chi connectivity index (χ1) is 10.3. The van der Waals surface area contributed by atoms with Crippen LogP contribution in [-0.2, 0) is 6.42 Å². The van der Waals surface area contributed by atoms with E-state index in [1.807, 2.05) is 12.1 Å². The Kier molecular flexibility index (Phi) is 6.81. The van der Waals surface area contributed by atoms with Crippen molar-refractivity contribution in [2.75, 3.05) is 26.2 Å². The molecule has 1 fully saturated rings. The molecule has 0 spiro atoms. The van der Waals surface area contributed by atoms with Gasteiger partial charge in [-0.15, -0.1) is 6.58 Å². The van der Waals surface area contributed by atoms with Crippen LogP contribution >= 0.6 is 0 Å².